The van der Waals surface area contributed by atoms with Gasteiger partial charge in [-0.1, -0.05) is 65.0 Å². The number of fused-ring (bicyclic) bond motifs is 1. The van der Waals surface area contributed by atoms with Crippen molar-refractivity contribution in [3.63, 3.8) is 0 Å². The molecular formula is C29H32O2S. The van der Waals surface area contributed by atoms with Crippen LogP contribution < -0.4 is 0 Å². The monoisotopic (exact) mass is 444 g/mol. The van der Waals surface area contributed by atoms with Crippen LogP contribution in [0.3, 0.4) is 0 Å². The summed E-state index contributed by atoms with van der Waals surface area (Å²) in [4.78, 5) is 11.5. The van der Waals surface area contributed by atoms with Crippen LogP contribution in [0.4, 0.5) is 0 Å². The van der Waals surface area contributed by atoms with Crippen LogP contribution in [0.1, 0.15) is 85.6 Å². The summed E-state index contributed by atoms with van der Waals surface area (Å²) in [6.45, 7) is 11.4. The third kappa shape index (κ3) is 4.19. The van der Waals surface area contributed by atoms with E-state index in [2.05, 4.69) is 68.8 Å². The maximum Gasteiger partial charge on any atom is 0.335 e. The Kier molecular flexibility index (Phi) is 5.89. The molecular weight excluding hydrogens is 412 g/mol. The van der Waals surface area contributed by atoms with Crippen LogP contribution in [-0.4, -0.2) is 11.1 Å². The first kappa shape index (κ1) is 22.5. The molecule has 0 aliphatic heterocycles. The van der Waals surface area contributed by atoms with Crippen LogP contribution in [0.15, 0.2) is 47.2 Å². The predicted molar refractivity (Wildman–Crippen MR) is 137 cm³/mol. The average Bonchev–Trinajstić information content (AvgIpc) is 3.29. The molecule has 0 fully saturated rings. The molecule has 32 heavy (non-hydrogen) atoms. The highest BCUT2D eigenvalue weighted by Gasteiger charge is 2.37. The number of aromatic carboxylic acids is 1. The second-order valence-corrected chi connectivity index (χ2v) is 11.0. The van der Waals surface area contributed by atoms with Crippen molar-refractivity contribution in [1.29, 1.82) is 0 Å². The maximum absolute atomic E-state index is 11.5. The Labute approximate surface area is 195 Å². The minimum atomic E-state index is -0.864. The molecule has 166 valence electrons. The molecule has 0 amide bonds. The highest BCUT2D eigenvalue weighted by atomic mass is 32.1. The van der Waals surface area contributed by atoms with Crippen LogP contribution in [0, 0.1) is 0 Å². The van der Waals surface area contributed by atoms with Gasteiger partial charge in [-0.15, -0.1) is 0 Å². The van der Waals surface area contributed by atoms with E-state index in [1.54, 1.807) is 17.4 Å². The van der Waals surface area contributed by atoms with E-state index in [1.807, 2.05) is 19.1 Å². The van der Waals surface area contributed by atoms with Crippen LogP contribution in [0.2, 0.25) is 0 Å². The Morgan fingerprint density at radius 3 is 2.28 bits per heavy atom. The molecule has 0 saturated carbocycles. The van der Waals surface area contributed by atoms with Gasteiger partial charge in [0.15, 0.2) is 0 Å². The molecule has 1 aliphatic carbocycles. The smallest absolute Gasteiger partial charge is 0.335 e. The minimum Gasteiger partial charge on any atom is -0.478 e. The fraction of sp³-hybridized carbons (Fsp3) is 0.345. The van der Waals surface area contributed by atoms with Crippen molar-refractivity contribution >= 4 is 29.5 Å². The van der Waals surface area contributed by atoms with Gasteiger partial charge in [0.2, 0.25) is 0 Å². The molecule has 0 spiro atoms. The van der Waals surface area contributed by atoms with E-state index in [4.69, 9.17) is 0 Å². The first-order valence-corrected chi connectivity index (χ1v) is 12.3. The first-order valence-electron chi connectivity index (χ1n) is 11.4. The molecule has 0 saturated heterocycles. The summed E-state index contributed by atoms with van der Waals surface area (Å²) in [5.74, 6) is -0.864. The quantitative estimate of drug-likeness (QED) is 0.403. The molecule has 4 rings (SSSR count). The number of rotatable bonds is 5. The maximum atomic E-state index is 11.5. The van der Waals surface area contributed by atoms with Crippen LogP contribution >= 0.6 is 11.3 Å². The van der Waals surface area contributed by atoms with Crippen molar-refractivity contribution in [2.24, 2.45) is 0 Å². The largest absolute Gasteiger partial charge is 0.478 e. The minimum absolute atomic E-state index is 0.152. The molecule has 0 unspecified atom stereocenters. The van der Waals surface area contributed by atoms with Gasteiger partial charge in [-0.05, 0) is 98.0 Å². The molecule has 0 atom stereocenters. The lowest BCUT2D eigenvalue weighted by Gasteiger charge is -2.42. The fourth-order valence-electron chi connectivity index (χ4n) is 4.84. The number of thiophene rings is 1. The molecule has 3 aromatic rings. The molecule has 3 heteroatoms. The summed E-state index contributed by atoms with van der Waals surface area (Å²) in [6, 6.07) is 12.6. The Bertz CT molecular complexity index is 1180. The van der Waals surface area contributed by atoms with Crippen LogP contribution in [0.5, 0.6) is 0 Å². The van der Waals surface area contributed by atoms with Gasteiger partial charge in [-0.25, -0.2) is 4.79 Å². The van der Waals surface area contributed by atoms with E-state index >= 15 is 0 Å². The summed E-state index contributed by atoms with van der Waals surface area (Å²) in [5, 5.41) is 13.8. The lowest BCUT2D eigenvalue weighted by molar-refractivity contribution is 0.0695. The lowest BCUT2D eigenvalue weighted by atomic mass is 9.62. The molecule has 1 N–H and O–H groups in total. The average molecular weight is 445 g/mol. The van der Waals surface area contributed by atoms with Crippen molar-refractivity contribution in [2.75, 3.05) is 0 Å². The van der Waals surface area contributed by atoms with E-state index in [0.29, 0.717) is 12.0 Å². The number of hydrogen-bond acceptors (Lipinski definition) is 2. The van der Waals surface area contributed by atoms with Gasteiger partial charge < -0.3 is 5.11 Å². The molecule has 1 heterocycles. The van der Waals surface area contributed by atoms with E-state index in [9.17, 15) is 9.90 Å². The lowest BCUT2D eigenvalue weighted by Crippen LogP contribution is -2.34. The van der Waals surface area contributed by atoms with Crippen molar-refractivity contribution < 1.29 is 9.90 Å². The highest BCUT2D eigenvalue weighted by Crippen LogP contribution is 2.48. The van der Waals surface area contributed by atoms with Gasteiger partial charge in [-0.2, -0.15) is 11.3 Å². The number of benzene rings is 2. The van der Waals surface area contributed by atoms with Crippen molar-refractivity contribution in [1.82, 2.24) is 0 Å². The second kappa shape index (κ2) is 8.37. The van der Waals surface area contributed by atoms with Crippen LogP contribution in [0.25, 0.3) is 23.3 Å². The third-order valence-corrected chi connectivity index (χ3v) is 7.73. The van der Waals surface area contributed by atoms with Crippen molar-refractivity contribution in [3.8, 4) is 11.1 Å². The van der Waals surface area contributed by atoms with Gasteiger partial charge >= 0.3 is 5.97 Å². The SMILES string of the molecule is CCc1cc(C=Cc2cc3c(cc2-c2ccsc2)C(C)(C)CCC3(C)C)ccc1C(=O)O. The topological polar surface area (TPSA) is 37.3 Å². The number of carbonyl (C=O) groups is 1. The van der Waals surface area contributed by atoms with E-state index < -0.39 is 5.97 Å². The van der Waals surface area contributed by atoms with E-state index in [1.165, 1.54) is 40.7 Å². The number of hydrogen-bond donors (Lipinski definition) is 1. The molecule has 1 aromatic heterocycles. The fourth-order valence-corrected chi connectivity index (χ4v) is 5.50. The third-order valence-electron chi connectivity index (χ3n) is 7.05. The van der Waals surface area contributed by atoms with Gasteiger partial charge in [0.1, 0.15) is 0 Å². The summed E-state index contributed by atoms with van der Waals surface area (Å²) in [6.07, 6.45) is 7.39. The summed E-state index contributed by atoms with van der Waals surface area (Å²) in [7, 11) is 0. The Hall–Kier alpha value is -2.65. The van der Waals surface area contributed by atoms with E-state index in [0.717, 1.165) is 11.1 Å². The van der Waals surface area contributed by atoms with Crippen molar-refractivity contribution in [2.45, 2.75) is 64.7 Å². The normalized spacial score (nSPS) is 16.8. The Morgan fingerprint density at radius 1 is 1.00 bits per heavy atom. The predicted octanol–water partition coefficient (Wildman–Crippen LogP) is 8.20. The highest BCUT2D eigenvalue weighted by molar-refractivity contribution is 7.08. The molecule has 0 bridgehead atoms. The van der Waals surface area contributed by atoms with Crippen molar-refractivity contribution in [3.05, 3.63) is 80.5 Å². The zero-order chi connectivity index (χ0) is 23.1. The standard InChI is InChI=1S/C29H32O2S/c1-6-20-15-19(8-10-23(20)27(30)31)7-9-21-16-25-26(17-24(21)22-11-14-32-18-22)29(4,5)13-12-28(25,2)3/h7-11,14-18H,6,12-13H2,1-5H3,(H,30,31). The van der Waals surface area contributed by atoms with E-state index in [-0.39, 0.29) is 10.8 Å². The zero-order valence-corrected chi connectivity index (χ0v) is 20.5. The molecule has 2 nitrogen and oxygen atoms in total. The summed E-state index contributed by atoms with van der Waals surface area (Å²) < 4.78 is 0. The number of aryl methyl sites for hydroxylation is 1. The number of carboxylic acids is 1. The molecule has 1 aliphatic rings. The van der Waals surface area contributed by atoms with Gasteiger partial charge in [0, 0.05) is 0 Å². The Balaban J connectivity index is 1.84. The number of carboxylic acid groups (broad SMARTS) is 1. The Morgan fingerprint density at radius 2 is 1.69 bits per heavy atom. The molecule has 2 aromatic carbocycles. The first-order chi connectivity index (χ1) is 15.1. The second-order valence-electron chi connectivity index (χ2n) is 10.2. The zero-order valence-electron chi connectivity index (χ0n) is 19.7. The van der Waals surface area contributed by atoms with Gasteiger partial charge in [-0.3, -0.25) is 0 Å². The van der Waals surface area contributed by atoms with Gasteiger partial charge in [0.05, 0.1) is 5.56 Å². The molecule has 0 radical (unpaired) electrons. The summed E-state index contributed by atoms with van der Waals surface area (Å²) >= 11 is 1.72. The van der Waals surface area contributed by atoms with Crippen LogP contribution in [-0.2, 0) is 17.3 Å². The summed E-state index contributed by atoms with van der Waals surface area (Å²) in [5.41, 5.74) is 9.26. The van der Waals surface area contributed by atoms with Gasteiger partial charge in [0.25, 0.3) is 0 Å².